The van der Waals surface area contributed by atoms with E-state index in [-0.39, 0.29) is 0 Å². The Labute approximate surface area is 35.5 Å². The first-order valence-corrected chi connectivity index (χ1v) is 3.82. The molecule has 1 nitrogen and oxygen atoms in total. The molecule has 0 unspecified atom stereocenters. The van der Waals surface area contributed by atoms with Gasteiger partial charge in [-0.2, -0.15) is 0 Å². The van der Waals surface area contributed by atoms with Crippen LogP contribution in [0.2, 0.25) is 0 Å². The van der Waals surface area contributed by atoms with Crippen molar-refractivity contribution in [3.63, 3.8) is 0 Å². The van der Waals surface area contributed by atoms with E-state index in [0.717, 1.165) is 0 Å². The van der Waals surface area contributed by atoms with Crippen LogP contribution in [0.4, 0.5) is 0 Å². The number of nitrogens with two attached hydrogens (primary N) is 1. The van der Waals surface area contributed by atoms with Gasteiger partial charge in [-0.15, -0.1) is 0 Å². The largest absolute Gasteiger partial charge is 0.285 e. The van der Waals surface area contributed by atoms with Gasteiger partial charge in [0.05, 0.1) is 0 Å². The van der Waals surface area contributed by atoms with Crippen LogP contribution < -0.4 is 5.50 Å². The molecule has 0 aliphatic rings. The van der Waals surface area contributed by atoms with Crippen molar-refractivity contribution in [1.29, 1.82) is 0 Å². The minimum atomic E-state index is -1.18. The van der Waals surface area contributed by atoms with Gasteiger partial charge in [-0.05, 0) is 0 Å². The summed E-state index contributed by atoms with van der Waals surface area (Å²) in [6.07, 6.45) is 0. The van der Waals surface area contributed by atoms with Crippen molar-refractivity contribution in [1.82, 2.24) is 0 Å². The second kappa shape index (κ2) is 2.22. The zero-order valence-electron chi connectivity index (χ0n) is 1.78. The van der Waals surface area contributed by atoms with Gasteiger partial charge in [0.25, 0.3) is 0 Å². The predicted molar refractivity (Wildman–Crippen MR) is 22.8 cm³/mol. The fourth-order valence-electron chi connectivity index (χ4n) is 0. The van der Waals surface area contributed by atoms with Gasteiger partial charge in [0, 0.05) is 0 Å². The van der Waals surface area contributed by atoms with Crippen LogP contribution in [0.1, 0.15) is 0 Å². The highest BCUT2D eigenvalue weighted by Crippen LogP contribution is 2.36. The van der Waals surface area contributed by atoms with Gasteiger partial charge in [-0.1, -0.05) is 22.5 Å². The SMILES string of the molecule is NP(Cl)Cl. The molecule has 0 fully saturated rings. The monoisotopic (exact) mass is 117 g/mol. The molecule has 4 heteroatoms. The van der Waals surface area contributed by atoms with E-state index in [2.05, 4.69) is 0 Å². The Morgan fingerprint density at radius 3 is 1.50 bits per heavy atom. The molecule has 0 rings (SSSR count). The summed E-state index contributed by atoms with van der Waals surface area (Å²) in [5, 5.41) is 0. The lowest BCUT2D eigenvalue weighted by Gasteiger charge is -1.73. The number of hydrogen-bond acceptors (Lipinski definition) is 1. The van der Waals surface area contributed by atoms with E-state index >= 15 is 0 Å². The van der Waals surface area contributed by atoms with Gasteiger partial charge in [0.15, 0.2) is 6.78 Å². The minimum Gasteiger partial charge on any atom is -0.285 e. The van der Waals surface area contributed by atoms with Gasteiger partial charge in [0.1, 0.15) is 0 Å². The third-order valence-corrected chi connectivity index (χ3v) is 0. The molecule has 0 atom stereocenters. The number of rotatable bonds is 0. The zero-order valence-corrected chi connectivity index (χ0v) is 4.19. The molecule has 0 saturated heterocycles. The van der Waals surface area contributed by atoms with Crippen molar-refractivity contribution in [3.8, 4) is 0 Å². The average molecular weight is 118 g/mol. The third kappa shape index (κ3) is 12.3. The Morgan fingerprint density at radius 1 is 1.50 bits per heavy atom. The molecule has 0 aliphatic carbocycles. The van der Waals surface area contributed by atoms with Gasteiger partial charge in [-0.3, -0.25) is 5.50 Å². The molecule has 0 saturated carbocycles. The first-order valence-electron chi connectivity index (χ1n) is 0.596. The summed E-state index contributed by atoms with van der Waals surface area (Å²) in [4.78, 5) is 0. The molecule has 26 valence electrons. The second-order valence-corrected chi connectivity index (χ2v) is 3.48. The van der Waals surface area contributed by atoms with Crippen LogP contribution in [0, 0.1) is 0 Å². The number of halogens is 2. The maximum absolute atomic E-state index is 4.88. The van der Waals surface area contributed by atoms with Crippen LogP contribution in [0.25, 0.3) is 0 Å². The maximum atomic E-state index is 4.88. The molecule has 4 heavy (non-hydrogen) atoms. The van der Waals surface area contributed by atoms with E-state index in [9.17, 15) is 0 Å². The van der Waals surface area contributed by atoms with Crippen LogP contribution >= 0.6 is 29.3 Å². The zero-order chi connectivity index (χ0) is 3.58. The van der Waals surface area contributed by atoms with E-state index in [1.165, 1.54) is 0 Å². The summed E-state index contributed by atoms with van der Waals surface area (Å²) in [5.74, 6) is 0. The smallest absolute Gasteiger partial charge is 0.154 e. The normalized spacial score (nSPS) is 9.00. The molecule has 2 N–H and O–H groups in total. The quantitative estimate of drug-likeness (QED) is 0.480. The van der Waals surface area contributed by atoms with E-state index in [1.54, 1.807) is 0 Å². The molecule has 0 amide bonds. The molecule has 0 aromatic rings. The molecule has 0 heterocycles. The van der Waals surface area contributed by atoms with Gasteiger partial charge in [0.2, 0.25) is 0 Å². The van der Waals surface area contributed by atoms with Crippen molar-refractivity contribution in [2.24, 2.45) is 5.50 Å². The van der Waals surface area contributed by atoms with E-state index < -0.39 is 6.78 Å². The highest BCUT2D eigenvalue weighted by Gasteiger charge is 1.75. The predicted octanol–water partition coefficient (Wildman–Crippen LogP) is 1.65. The molecule has 0 bridgehead atoms. The lowest BCUT2D eigenvalue weighted by molar-refractivity contribution is 2.03. The standard InChI is InChI=1S/Cl2H2NP/c1-4(2)3/h3H2. The average Bonchev–Trinajstić information content (AvgIpc) is 0.811. The first-order chi connectivity index (χ1) is 1.73. The Bertz CT molecular complexity index is 10.8. The Hall–Kier alpha value is 0.970. The van der Waals surface area contributed by atoms with Gasteiger partial charge >= 0.3 is 0 Å². The Morgan fingerprint density at radius 2 is 1.50 bits per heavy atom. The summed E-state index contributed by atoms with van der Waals surface area (Å²) in [6.45, 7) is -1.18. The van der Waals surface area contributed by atoms with Crippen LogP contribution in [-0.2, 0) is 0 Å². The molecular weight excluding hydrogens is 116 g/mol. The summed E-state index contributed by atoms with van der Waals surface area (Å²) < 4.78 is 0. The summed E-state index contributed by atoms with van der Waals surface area (Å²) in [7, 11) is 0. The van der Waals surface area contributed by atoms with Crippen LogP contribution in [0.5, 0.6) is 0 Å². The lowest BCUT2D eigenvalue weighted by atomic mass is 13.9. The van der Waals surface area contributed by atoms with Crippen molar-refractivity contribution in [2.45, 2.75) is 0 Å². The van der Waals surface area contributed by atoms with Crippen molar-refractivity contribution >= 4 is 29.3 Å². The third-order valence-electron chi connectivity index (χ3n) is 0. The first kappa shape index (κ1) is 4.97. The van der Waals surface area contributed by atoms with Crippen molar-refractivity contribution in [2.75, 3.05) is 0 Å². The fraction of sp³-hybridized carbons (Fsp3) is 0. The molecule has 0 spiro atoms. The van der Waals surface area contributed by atoms with E-state index in [0.29, 0.717) is 0 Å². The highest BCUT2D eigenvalue weighted by atomic mass is 35.9. The van der Waals surface area contributed by atoms with Crippen molar-refractivity contribution in [3.05, 3.63) is 0 Å². The molecule has 0 aromatic carbocycles. The van der Waals surface area contributed by atoms with Crippen LogP contribution in [0.15, 0.2) is 0 Å². The van der Waals surface area contributed by atoms with E-state index in [4.69, 9.17) is 28.0 Å². The van der Waals surface area contributed by atoms with Crippen LogP contribution in [0.3, 0.4) is 0 Å². The van der Waals surface area contributed by atoms with Gasteiger partial charge in [-0.25, -0.2) is 0 Å². The minimum absolute atomic E-state index is 1.18. The van der Waals surface area contributed by atoms with E-state index in [1.807, 2.05) is 0 Å². The van der Waals surface area contributed by atoms with Crippen LogP contribution in [-0.4, -0.2) is 0 Å². The molecule has 0 aliphatic heterocycles. The summed E-state index contributed by atoms with van der Waals surface area (Å²) in [6, 6.07) is 0. The topological polar surface area (TPSA) is 26.0 Å². The van der Waals surface area contributed by atoms with Gasteiger partial charge < -0.3 is 0 Å². The Balaban J connectivity index is 2.32. The lowest BCUT2D eigenvalue weighted by Crippen LogP contribution is -1.63. The number of hydrogen-bond donors (Lipinski definition) is 1. The Kier molecular flexibility index (Phi) is 2.76. The summed E-state index contributed by atoms with van der Waals surface area (Å²) >= 11 is 9.77. The maximum Gasteiger partial charge on any atom is 0.154 e. The second-order valence-electron chi connectivity index (χ2n) is 0.259. The molecule has 0 aromatic heterocycles. The molecule has 0 radical (unpaired) electrons. The van der Waals surface area contributed by atoms with Crippen molar-refractivity contribution < 1.29 is 0 Å². The fourth-order valence-corrected chi connectivity index (χ4v) is 0. The summed E-state index contributed by atoms with van der Waals surface area (Å²) in [5.41, 5.74) is 4.71. The highest BCUT2D eigenvalue weighted by molar-refractivity contribution is 8.02. The molecular formula is H2Cl2NP.